The Bertz CT molecular complexity index is 675. The Morgan fingerprint density at radius 1 is 1.20 bits per heavy atom. The van der Waals surface area contributed by atoms with Crippen LogP contribution in [0.2, 0.25) is 0 Å². The van der Waals surface area contributed by atoms with Gasteiger partial charge < -0.3 is 14.8 Å². The molecule has 2 aromatic rings. The Morgan fingerprint density at radius 3 is 2.70 bits per heavy atom. The molecule has 0 radical (unpaired) electrons. The minimum atomic E-state index is -0.637. The van der Waals surface area contributed by atoms with Crippen LogP contribution in [0.25, 0.3) is 10.1 Å². The van der Waals surface area contributed by atoms with Crippen LogP contribution in [0.5, 0.6) is 0 Å². The number of ether oxygens (including phenoxy) is 2. The van der Waals surface area contributed by atoms with Crippen molar-refractivity contribution in [3.63, 3.8) is 0 Å². The van der Waals surface area contributed by atoms with Crippen molar-refractivity contribution >= 4 is 39.0 Å². The zero-order valence-corrected chi connectivity index (χ0v) is 11.8. The van der Waals surface area contributed by atoms with E-state index >= 15 is 0 Å². The molecule has 0 unspecified atom stereocenters. The SMILES string of the molecule is COC(=O)/C=C(/Nc1ccc2ccsc2c1)C(=O)OC. The standard InChI is InChI=1S/C14H13NO4S/c1-18-13(16)8-11(14(17)19-2)15-10-4-3-9-5-6-20-12(9)7-10/h3-8,15H,1-2H3/b11-8+. The molecular formula is C14H13NO4S. The summed E-state index contributed by atoms with van der Waals surface area (Å²) in [6.07, 6.45) is 1.06. The van der Waals surface area contributed by atoms with Crippen molar-refractivity contribution in [3.05, 3.63) is 41.4 Å². The third-order valence-corrected chi connectivity index (χ3v) is 3.48. The van der Waals surface area contributed by atoms with Crippen LogP contribution in [-0.2, 0) is 19.1 Å². The molecule has 104 valence electrons. The summed E-state index contributed by atoms with van der Waals surface area (Å²) in [5.74, 6) is -1.27. The van der Waals surface area contributed by atoms with Crippen molar-refractivity contribution in [3.8, 4) is 0 Å². The molecule has 1 aromatic carbocycles. The Balaban J connectivity index is 2.28. The van der Waals surface area contributed by atoms with Gasteiger partial charge in [0.2, 0.25) is 0 Å². The van der Waals surface area contributed by atoms with Crippen LogP contribution in [0.1, 0.15) is 0 Å². The molecule has 1 heterocycles. The van der Waals surface area contributed by atoms with Crippen molar-refractivity contribution in [2.45, 2.75) is 0 Å². The fourth-order valence-corrected chi connectivity index (χ4v) is 2.45. The van der Waals surface area contributed by atoms with Crippen LogP contribution in [0, 0.1) is 0 Å². The average molecular weight is 291 g/mol. The maximum absolute atomic E-state index is 11.6. The van der Waals surface area contributed by atoms with E-state index in [2.05, 4.69) is 14.8 Å². The van der Waals surface area contributed by atoms with Crippen LogP contribution in [0.15, 0.2) is 41.4 Å². The van der Waals surface area contributed by atoms with Crippen molar-refractivity contribution in [1.82, 2.24) is 0 Å². The van der Waals surface area contributed by atoms with Gasteiger partial charge in [-0.25, -0.2) is 9.59 Å². The van der Waals surface area contributed by atoms with E-state index in [-0.39, 0.29) is 5.70 Å². The first-order chi connectivity index (χ1) is 9.63. The molecule has 6 heteroatoms. The molecule has 0 atom stereocenters. The van der Waals surface area contributed by atoms with Gasteiger partial charge in [0.15, 0.2) is 0 Å². The number of benzene rings is 1. The van der Waals surface area contributed by atoms with Crippen molar-refractivity contribution in [2.24, 2.45) is 0 Å². The number of rotatable bonds is 4. The first-order valence-corrected chi connectivity index (χ1v) is 6.64. The van der Waals surface area contributed by atoms with Gasteiger partial charge in [-0.1, -0.05) is 6.07 Å². The third-order valence-electron chi connectivity index (χ3n) is 2.60. The lowest BCUT2D eigenvalue weighted by Gasteiger charge is -2.09. The zero-order valence-electron chi connectivity index (χ0n) is 11.0. The Morgan fingerprint density at radius 2 is 2.00 bits per heavy atom. The predicted molar refractivity (Wildman–Crippen MR) is 77.6 cm³/mol. The monoisotopic (exact) mass is 291 g/mol. The van der Waals surface area contributed by atoms with Crippen LogP contribution in [0.3, 0.4) is 0 Å². The van der Waals surface area contributed by atoms with E-state index in [9.17, 15) is 9.59 Å². The zero-order chi connectivity index (χ0) is 14.5. The second-order valence-corrected chi connectivity index (χ2v) is 4.82. The molecule has 0 bridgehead atoms. The van der Waals surface area contributed by atoms with E-state index < -0.39 is 11.9 Å². The lowest BCUT2D eigenvalue weighted by atomic mass is 10.2. The quantitative estimate of drug-likeness (QED) is 0.692. The second-order valence-electron chi connectivity index (χ2n) is 3.87. The van der Waals surface area contributed by atoms with Crippen LogP contribution < -0.4 is 5.32 Å². The van der Waals surface area contributed by atoms with Gasteiger partial charge in [-0.15, -0.1) is 11.3 Å². The topological polar surface area (TPSA) is 64.6 Å². The summed E-state index contributed by atoms with van der Waals surface area (Å²) in [7, 11) is 2.49. The van der Waals surface area contributed by atoms with Gasteiger partial charge in [-0.3, -0.25) is 0 Å². The maximum atomic E-state index is 11.6. The second kappa shape index (κ2) is 6.21. The normalized spacial score (nSPS) is 11.2. The first-order valence-electron chi connectivity index (χ1n) is 5.76. The number of esters is 2. The summed E-state index contributed by atoms with van der Waals surface area (Å²) in [6, 6.07) is 7.66. The molecule has 0 saturated heterocycles. The van der Waals surface area contributed by atoms with Gasteiger partial charge in [0.1, 0.15) is 5.70 Å². The molecule has 0 spiro atoms. The lowest BCUT2D eigenvalue weighted by molar-refractivity contribution is -0.138. The van der Waals surface area contributed by atoms with E-state index in [1.807, 2.05) is 29.6 Å². The number of thiophene rings is 1. The highest BCUT2D eigenvalue weighted by atomic mass is 32.1. The van der Waals surface area contributed by atoms with Gasteiger partial charge in [0, 0.05) is 10.4 Å². The predicted octanol–water partition coefficient (Wildman–Crippen LogP) is 2.54. The van der Waals surface area contributed by atoms with Gasteiger partial charge in [0.25, 0.3) is 0 Å². The lowest BCUT2D eigenvalue weighted by Crippen LogP contribution is -2.15. The number of fused-ring (bicyclic) bond motifs is 1. The molecule has 0 amide bonds. The van der Waals surface area contributed by atoms with Gasteiger partial charge >= 0.3 is 11.9 Å². The number of methoxy groups -OCH3 is 2. The number of hydrogen-bond donors (Lipinski definition) is 1. The summed E-state index contributed by atoms with van der Waals surface area (Å²) in [6.45, 7) is 0. The van der Waals surface area contributed by atoms with Crippen molar-refractivity contribution in [1.29, 1.82) is 0 Å². The van der Waals surface area contributed by atoms with Crippen molar-refractivity contribution < 1.29 is 19.1 Å². The molecule has 1 N–H and O–H groups in total. The van der Waals surface area contributed by atoms with E-state index in [1.165, 1.54) is 14.2 Å². The van der Waals surface area contributed by atoms with Crippen LogP contribution in [0.4, 0.5) is 5.69 Å². The maximum Gasteiger partial charge on any atom is 0.354 e. The summed E-state index contributed by atoms with van der Waals surface area (Å²) in [5, 5.41) is 5.98. The molecule has 0 aliphatic carbocycles. The molecule has 2 rings (SSSR count). The van der Waals surface area contributed by atoms with Crippen LogP contribution in [-0.4, -0.2) is 26.2 Å². The summed E-state index contributed by atoms with van der Waals surface area (Å²) in [4.78, 5) is 22.9. The number of carbonyl (C=O) groups excluding carboxylic acids is 2. The third kappa shape index (κ3) is 3.16. The van der Waals surface area contributed by atoms with Crippen LogP contribution >= 0.6 is 11.3 Å². The smallest absolute Gasteiger partial charge is 0.354 e. The molecule has 1 aromatic heterocycles. The molecule has 5 nitrogen and oxygen atoms in total. The highest BCUT2D eigenvalue weighted by molar-refractivity contribution is 7.17. The summed E-state index contributed by atoms with van der Waals surface area (Å²) in [5.41, 5.74) is 0.718. The first kappa shape index (κ1) is 14.1. The molecule has 0 aliphatic rings. The summed E-state index contributed by atoms with van der Waals surface area (Å²) < 4.78 is 10.2. The molecular weight excluding hydrogens is 278 g/mol. The Hall–Kier alpha value is -2.34. The van der Waals surface area contributed by atoms with E-state index in [0.29, 0.717) is 5.69 Å². The number of anilines is 1. The highest BCUT2D eigenvalue weighted by Crippen LogP contribution is 2.25. The fraction of sp³-hybridized carbons (Fsp3) is 0.143. The van der Waals surface area contributed by atoms with Crippen molar-refractivity contribution in [2.75, 3.05) is 19.5 Å². The molecule has 0 aliphatic heterocycles. The van der Waals surface area contributed by atoms with Gasteiger partial charge in [-0.05, 0) is 29.0 Å². The van der Waals surface area contributed by atoms with E-state index in [4.69, 9.17) is 0 Å². The minimum Gasteiger partial charge on any atom is -0.466 e. The Labute approximate surface area is 119 Å². The van der Waals surface area contributed by atoms with Gasteiger partial charge in [-0.2, -0.15) is 0 Å². The number of nitrogens with one attached hydrogen (secondary N) is 1. The molecule has 20 heavy (non-hydrogen) atoms. The Kier molecular flexibility index (Phi) is 4.37. The number of hydrogen-bond acceptors (Lipinski definition) is 6. The molecule has 0 saturated carbocycles. The molecule has 0 fully saturated rings. The van der Waals surface area contributed by atoms with Gasteiger partial charge in [0.05, 0.1) is 20.3 Å². The number of carbonyl (C=O) groups is 2. The summed E-state index contributed by atoms with van der Waals surface area (Å²) >= 11 is 1.59. The highest BCUT2D eigenvalue weighted by Gasteiger charge is 2.13. The van der Waals surface area contributed by atoms with E-state index in [0.717, 1.165) is 16.2 Å². The van der Waals surface area contributed by atoms with E-state index in [1.54, 1.807) is 11.3 Å². The average Bonchev–Trinajstić information content (AvgIpc) is 2.93. The fourth-order valence-electron chi connectivity index (χ4n) is 1.62. The largest absolute Gasteiger partial charge is 0.466 e. The minimum absolute atomic E-state index is 0.0234.